The van der Waals surface area contributed by atoms with Crippen LogP contribution in [0, 0.1) is 5.82 Å². The van der Waals surface area contributed by atoms with Crippen LogP contribution in [0.3, 0.4) is 0 Å². The Hall–Kier alpha value is -4.33. The van der Waals surface area contributed by atoms with E-state index in [2.05, 4.69) is 9.80 Å². The Kier molecular flexibility index (Phi) is 9.07. The molecule has 6 heterocycles. The number of carbonyl (C=O) groups is 1. The molecule has 4 aliphatic heterocycles. The Morgan fingerprint density at radius 1 is 1.04 bits per heavy atom. The highest BCUT2D eigenvalue weighted by Gasteiger charge is 2.50. The lowest BCUT2D eigenvalue weighted by Crippen LogP contribution is -2.57. The summed E-state index contributed by atoms with van der Waals surface area (Å²) in [5.41, 5.74) is -0.00133. The molecule has 4 aromatic rings. The van der Waals surface area contributed by atoms with Gasteiger partial charge in [0.25, 0.3) is 0 Å². The highest BCUT2D eigenvalue weighted by atomic mass is 19.1. The Morgan fingerprint density at radius 3 is 2.58 bits per heavy atom. The van der Waals surface area contributed by atoms with E-state index in [1.165, 1.54) is 0 Å². The third-order valence-corrected chi connectivity index (χ3v) is 11.2. The average Bonchev–Trinajstić information content (AvgIpc) is 3.78. The maximum Gasteiger partial charge on any atom is 0.410 e. The summed E-state index contributed by atoms with van der Waals surface area (Å²) in [4.78, 5) is 34.0. The number of hydrogen-bond donors (Lipinski definition) is 1. The first kappa shape index (κ1) is 34.7. The number of rotatable bonds is 9. The van der Waals surface area contributed by atoms with Gasteiger partial charge in [0.05, 0.1) is 29.6 Å². The van der Waals surface area contributed by atoms with Gasteiger partial charge in [0.2, 0.25) is 0 Å². The maximum atomic E-state index is 17.1. The van der Waals surface area contributed by atoms with Crippen molar-refractivity contribution in [3.8, 4) is 23.0 Å². The molecule has 4 atom stereocenters. The lowest BCUT2D eigenvalue weighted by Gasteiger charge is -2.42. The highest BCUT2D eigenvalue weighted by Crippen LogP contribution is 2.43. The van der Waals surface area contributed by atoms with E-state index in [1.54, 1.807) is 19.4 Å². The normalized spacial score (nSPS) is 24.5. The number of benzene rings is 2. The maximum absolute atomic E-state index is 17.1. The SMILES string of the molecule is COCOc1cc(-c2ncc3c(N4CC5CCC(C4)N5C(=O)OC(C)(C)C)nc(OC[C@]45CCCN4[C@@H](CO)CC5)nc3c2F)c2ccccc2c1. The van der Waals surface area contributed by atoms with E-state index in [9.17, 15) is 9.90 Å². The Balaban J connectivity index is 1.20. The fourth-order valence-corrected chi connectivity index (χ4v) is 8.90. The molecule has 0 radical (unpaired) electrons. The molecule has 13 heteroatoms. The van der Waals surface area contributed by atoms with Crippen molar-refractivity contribution in [2.75, 3.05) is 51.7 Å². The van der Waals surface area contributed by atoms with Crippen molar-refractivity contribution in [1.29, 1.82) is 0 Å². The molecule has 52 heavy (non-hydrogen) atoms. The number of aliphatic hydroxyl groups is 1. The van der Waals surface area contributed by atoms with E-state index in [1.807, 2.05) is 56.0 Å². The fraction of sp³-hybridized carbons (Fsp3) is 0.538. The molecule has 8 rings (SSSR count). The summed E-state index contributed by atoms with van der Waals surface area (Å²) in [5.74, 6) is 0.471. The van der Waals surface area contributed by atoms with Crippen LogP contribution in [0.4, 0.5) is 15.0 Å². The molecule has 4 aliphatic rings. The fourth-order valence-electron chi connectivity index (χ4n) is 8.90. The molecule has 2 unspecified atom stereocenters. The number of carbonyl (C=O) groups excluding carboxylic acids is 1. The van der Waals surface area contributed by atoms with Gasteiger partial charge < -0.3 is 29.0 Å². The minimum Gasteiger partial charge on any atom is -0.468 e. The van der Waals surface area contributed by atoms with Crippen LogP contribution < -0.4 is 14.4 Å². The quantitative estimate of drug-likeness (QED) is 0.208. The van der Waals surface area contributed by atoms with Gasteiger partial charge in [-0.3, -0.25) is 14.8 Å². The van der Waals surface area contributed by atoms with Crippen molar-refractivity contribution < 1.29 is 33.2 Å². The van der Waals surface area contributed by atoms with Crippen molar-refractivity contribution >= 4 is 33.6 Å². The molecule has 4 fully saturated rings. The third kappa shape index (κ3) is 6.26. The van der Waals surface area contributed by atoms with Gasteiger partial charge in [0.1, 0.15) is 35.0 Å². The molecule has 1 amide bonds. The molecule has 2 aromatic carbocycles. The standard InChI is InChI=1S/C39H47FN6O6/c1-38(2,3)52-37(48)46-25-10-11-26(46)20-44(19-25)35-31-18-41-33(30-17-28(51-23-49-4)16-24-8-5-6-9-29(24)30)32(40)34(31)42-36(43-35)50-22-39-13-7-15-45(39)27(21-47)12-14-39/h5-6,8-9,16-18,25-27,47H,7,10-15,19-23H2,1-4H3/t25?,26?,27-,39-/m1/s1. The van der Waals surface area contributed by atoms with Crippen molar-refractivity contribution in [3.63, 3.8) is 0 Å². The lowest BCUT2D eigenvalue weighted by atomic mass is 9.95. The van der Waals surface area contributed by atoms with Crippen LogP contribution in [-0.4, -0.2) is 112 Å². The second kappa shape index (κ2) is 13.6. The summed E-state index contributed by atoms with van der Waals surface area (Å²) in [7, 11) is 1.55. The largest absolute Gasteiger partial charge is 0.468 e. The zero-order valence-corrected chi connectivity index (χ0v) is 30.3. The number of hydrogen-bond acceptors (Lipinski definition) is 11. The number of fused-ring (bicyclic) bond motifs is 5. The van der Waals surface area contributed by atoms with Crippen molar-refractivity contribution in [3.05, 3.63) is 48.4 Å². The Labute approximate surface area is 302 Å². The summed E-state index contributed by atoms with van der Waals surface area (Å²) in [5, 5.41) is 12.2. The number of ether oxygens (including phenoxy) is 4. The first-order chi connectivity index (χ1) is 25.1. The van der Waals surface area contributed by atoms with Gasteiger partial charge in [-0.2, -0.15) is 9.97 Å². The molecule has 0 aliphatic carbocycles. The topological polar surface area (TPSA) is 123 Å². The molecule has 2 aromatic heterocycles. The smallest absolute Gasteiger partial charge is 0.410 e. The minimum absolute atomic E-state index is 0.0455. The van der Waals surface area contributed by atoms with Crippen LogP contribution >= 0.6 is 0 Å². The van der Waals surface area contributed by atoms with Gasteiger partial charge in [-0.25, -0.2) is 9.18 Å². The summed E-state index contributed by atoms with van der Waals surface area (Å²) in [6.07, 6.45) is 6.80. The van der Waals surface area contributed by atoms with E-state index in [-0.39, 0.29) is 60.4 Å². The van der Waals surface area contributed by atoms with Gasteiger partial charge in [0.15, 0.2) is 12.6 Å². The minimum atomic E-state index is -0.602. The predicted molar refractivity (Wildman–Crippen MR) is 194 cm³/mol. The van der Waals surface area contributed by atoms with Gasteiger partial charge in [-0.15, -0.1) is 0 Å². The third-order valence-electron chi connectivity index (χ3n) is 11.2. The molecule has 2 bridgehead atoms. The number of aromatic nitrogens is 3. The number of piperazine rings is 1. The number of anilines is 1. The number of amides is 1. The molecule has 276 valence electrons. The van der Waals surface area contributed by atoms with Gasteiger partial charge >= 0.3 is 12.1 Å². The number of pyridine rings is 1. The van der Waals surface area contributed by atoms with E-state index in [4.69, 9.17) is 33.9 Å². The molecule has 0 spiro atoms. The number of nitrogens with zero attached hydrogens (tertiary/aromatic N) is 6. The lowest BCUT2D eigenvalue weighted by molar-refractivity contribution is 0.0122. The second-order valence-corrected chi connectivity index (χ2v) is 15.6. The number of halogens is 1. The highest BCUT2D eigenvalue weighted by molar-refractivity contribution is 6.00. The van der Waals surface area contributed by atoms with E-state index in [0.717, 1.165) is 55.8 Å². The van der Waals surface area contributed by atoms with E-state index >= 15 is 4.39 Å². The van der Waals surface area contributed by atoms with Crippen LogP contribution in [0.5, 0.6) is 11.8 Å². The molecule has 4 saturated heterocycles. The first-order valence-corrected chi connectivity index (χ1v) is 18.4. The zero-order chi connectivity index (χ0) is 36.2. The van der Waals surface area contributed by atoms with Crippen molar-refractivity contribution in [2.24, 2.45) is 0 Å². The molecule has 12 nitrogen and oxygen atoms in total. The molecular formula is C39H47FN6O6. The molecule has 1 N–H and O–H groups in total. The van der Waals surface area contributed by atoms with E-state index < -0.39 is 11.4 Å². The summed E-state index contributed by atoms with van der Waals surface area (Å²) < 4.78 is 40.3. The zero-order valence-electron chi connectivity index (χ0n) is 30.3. The number of aliphatic hydroxyl groups excluding tert-OH is 1. The van der Waals surface area contributed by atoms with Crippen molar-refractivity contribution in [1.82, 2.24) is 24.8 Å². The van der Waals surface area contributed by atoms with Crippen LogP contribution in [0.2, 0.25) is 0 Å². The Morgan fingerprint density at radius 2 is 1.83 bits per heavy atom. The average molecular weight is 715 g/mol. The van der Waals surface area contributed by atoms with Crippen molar-refractivity contribution in [2.45, 2.75) is 88.6 Å². The molecular weight excluding hydrogens is 667 g/mol. The monoisotopic (exact) mass is 714 g/mol. The van der Waals surface area contributed by atoms with Crippen LogP contribution in [0.15, 0.2) is 42.6 Å². The summed E-state index contributed by atoms with van der Waals surface area (Å²) >= 11 is 0. The van der Waals surface area contributed by atoms with Gasteiger partial charge in [-0.05, 0) is 88.7 Å². The summed E-state index contributed by atoms with van der Waals surface area (Å²) in [6.45, 7) is 8.04. The number of methoxy groups -OCH3 is 1. The van der Waals surface area contributed by atoms with E-state index in [0.29, 0.717) is 42.2 Å². The molecule has 0 saturated carbocycles. The summed E-state index contributed by atoms with van der Waals surface area (Å²) in [6, 6.07) is 11.4. The van der Waals surface area contributed by atoms with Crippen LogP contribution in [0.1, 0.15) is 59.3 Å². The Bertz CT molecular complexity index is 1980. The predicted octanol–water partition coefficient (Wildman–Crippen LogP) is 5.92. The van der Waals surface area contributed by atoms with Crippen LogP contribution in [0.25, 0.3) is 32.9 Å². The van der Waals surface area contributed by atoms with Gasteiger partial charge in [-0.1, -0.05) is 24.3 Å². The first-order valence-electron chi connectivity index (χ1n) is 18.4. The van der Waals surface area contributed by atoms with Gasteiger partial charge in [0, 0.05) is 38.0 Å². The van der Waals surface area contributed by atoms with Crippen LogP contribution in [-0.2, 0) is 9.47 Å². The second-order valence-electron chi connectivity index (χ2n) is 15.6.